The second kappa shape index (κ2) is 5.40. The highest BCUT2D eigenvalue weighted by atomic mass is 16.1. The molecule has 1 aliphatic rings. The van der Waals surface area contributed by atoms with E-state index in [2.05, 4.69) is 10.6 Å². The third kappa shape index (κ3) is 2.82. The maximum atomic E-state index is 12.1. The van der Waals surface area contributed by atoms with Crippen molar-refractivity contribution in [3.63, 3.8) is 0 Å². The third-order valence-electron chi connectivity index (χ3n) is 3.56. The minimum Gasteiger partial charge on any atom is -0.378 e. The number of carbonyl (C=O) groups is 1. The van der Waals surface area contributed by atoms with Gasteiger partial charge in [0.25, 0.3) is 0 Å². The van der Waals surface area contributed by atoms with Crippen LogP contribution >= 0.6 is 0 Å². The highest BCUT2D eigenvalue weighted by molar-refractivity contribution is 5.93. The zero-order valence-corrected chi connectivity index (χ0v) is 11.2. The molecule has 0 radical (unpaired) electrons. The van der Waals surface area contributed by atoms with Crippen molar-refractivity contribution in [1.29, 1.82) is 0 Å². The van der Waals surface area contributed by atoms with E-state index in [1.807, 2.05) is 50.2 Å². The molecular formula is C14H21N3O. The molecule has 1 saturated heterocycles. The van der Waals surface area contributed by atoms with E-state index in [1.165, 1.54) is 0 Å². The Balaban J connectivity index is 1.99. The Hall–Kier alpha value is -1.55. The summed E-state index contributed by atoms with van der Waals surface area (Å²) in [5.74, 6) is 0.647. The van der Waals surface area contributed by atoms with Crippen LogP contribution in [-0.4, -0.2) is 33.1 Å². The van der Waals surface area contributed by atoms with Crippen molar-refractivity contribution in [2.24, 2.45) is 11.8 Å². The first-order chi connectivity index (χ1) is 8.58. The second-order valence-corrected chi connectivity index (χ2v) is 5.14. The van der Waals surface area contributed by atoms with E-state index < -0.39 is 0 Å². The smallest absolute Gasteiger partial charge is 0.227 e. The maximum absolute atomic E-state index is 12.1. The first-order valence-corrected chi connectivity index (χ1v) is 6.37. The quantitative estimate of drug-likeness (QED) is 0.848. The van der Waals surface area contributed by atoms with Gasteiger partial charge in [0.05, 0.1) is 0 Å². The van der Waals surface area contributed by atoms with Crippen LogP contribution in [0.3, 0.4) is 0 Å². The molecule has 0 aromatic heterocycles. The fourth-order valence-electron chi connectivity index (χ4n) is 2.00. The Kier molecular flexibility index (Phi) is 3.87. The number of nitrogens with zero attached hydrogens (tertiary/aromatic N) is 1. The van der Waals surface area contributed by atoms with Gasteiger partial charge in [-0.3, -0.25) is 4.79 Å². The predicted molar refractivity (Wildman–Crippen MR) is 74.9 cm³/mol. The lowest BCUT2D eigenvalue weighted by Gasteiger charge is -2.31. The summed E-state index contributed by atoms with van der Waals surface area (Å²) in [4.78, 5) is 14.1. The minimum absolute atomic E-state index is 0.0641. The Labute approximate surface area is 108 Å². The molecule has 98 valence electrons. The topological polar surface area (TPSA) is 44.4 Å². The van der Waals surface area contributed by atoms with E-state index in [0.29, 0.717) is 5.92 Å². The number of benzene rings is 1. The third-order valence-corrected chi connectivity index (χ3v) is 3.56. The summed E-state index contributed by atoms with van der Waals surface area (Å²) in [5.41, 5.74) is 1.95. The van der Waals surface area contributed by atoms with Gasteiger partial charge in [-0.05, 0) is 37.2 Å². The summed E-state index contributed by atoms with van der Waals surface area (Å²) >= 11 is 0. The summed E-state index contributed by atoms with van der Waals surface area (Å²) < 4.78 is 0. The number of rotatable bonds is 4. The summed E-state index contributed by atoms with van der Waals surface area (Å²) in [6.07, 6.45) is 0. The average molecular weight is 247 g/mol. The van der Waals surface area contributed by atoms with Gasteiger partial charge in [0.15, 0.2) is 0 Å². The summed E-state index contributed by atoms with van der Waals surface area (Å²) in [6, 6.07) is 7.90. The molecule has 0 bridgehead atoms. The van der Waals surface area contributed by atoms with Crippen LogP contribution in [0.25, 0.3) is 0 Å². The van der Waals surface area contributed by atoms with E-state index >= 15 is 0 Å². The number of hydrogen-bond acceptors (Lipinski definition) is 3. The first kappa shape index (κ1) is 12.9. The van der Waals surface area contributed by atoms with Crippen LogP contribution in [0.4, 0.5) is 11.4 Å². The monoisotopic (exact) mass is 247 g/mol. The van der Waals surface area contributed by atoms with Crippen molar-refractivity contribution in [2.75, 3.05) is 37.4 Å². The maximum Gasteiger partial charge on any atom is 0.227 e. The lowest BCUT2D eigenvalue weighted by Crippen LogP contribution is -2.48. The van der Waals surface area contributed by atoms with Gasteiger partial charge in [0.2, 0.25) is 5.91 Å². The van der Waals surface area contributed by atoms with Crippen LogP contribution in [0.1, 0.15) is 6.92 Å². The molecule has 1 aromatic carbocycles. The Bertz CT molecular complexity index is 427. The van der Waals surface area contributed by atoms with Crippen LogP contribution in [0.5, 0.6) is 0 Å². The molecule has 1 fully saturated rings. The van der Waals surface area contributed by atoms with Crippen molar-refractivity contribution in [1.82, 2.24) is 5.32 Å². The molecule has 1 aromatic rings. The lowest BCUT2D eigenvalue weighted by atomic mass is 9.88. The van der Waals surface area contributed by atoms with Crippen LogP contribution < -0.4 is 15.5 Å². The Morgan fingerprint density at radius 2 is 2.17 bits per heavy atom. The molecule has 0 saturated carbocycles. The fraction of sp³-hybridized carbons (Fsp3) is 0.500. The molecule has 4 nitrogen and oxygen atoms in total. The number of hydrogen-bond donors (Lipinski definition) is 2. The van der Waals surface area contributed by atoms with Gasteiger partial charge in [-0.25, -0.2) is 0 Å². The molecule has 4 heteroatoms. The normalized spacial score (nSPS) is 16.8. The molecular weight excluding hydrogens is 226 g/mol. The van der Waals surface area contributed by atoms with E-state index in [4.69, 9.17) is 0 Å². The second-order valence-electron chi connectivity index (χ2n) is 5.14. The number of nitrogens with one attached hydrogen (secondary N) is 2. The Morgan fingerprint density at radius 3 is 2.72 bits per heavy atom. The summed E-state index contributed by atoms with van der Waals surface area (Å²) in [7, 11) is 3.98. The summed E-state index contributed by atoms with van der Waals surface area (Å²) in [6.45, 7) is 3.90. The first-order valence-electron chi connectivity index (χ1n) is 6.37. The van der Waals surface area contributed by atoms with Crippen LogP contribution in [-0.2, 0) is 4.79 Å². The van der Waals surface area contributed by atoms with Crippen molar-refractivity contribution in [3.05, 3.63) is 24.3 Å². The molecule has 2 N–H and O–H groups in total. The Morgan fingerprint density at radius 1 is 1.44 bits per heavy atom. The number of carbonyl (C=O) groups excluding carboxylic acids is 1. The molecule has 0 spiro atoms. The van der Waals surface area contributed by atoms with E-state index in [1.54, 1.807) is 0 Å². The van der Waals surface area contributed by atoms with E-state index in [-0.39, 0.29) is 11.8 Å². The van der Waals surface area contributed by atoms with Crippen LogP contribution in [0.15, 0.2) is 24.3 Å². The SMILES string of the molecule is CC(C(=O)Nc1cccc(N(C)C)c1)C1CNC1. The molecule has 2 rings (SSSR count). The average Bonchev–Trinajstić information content (AvgIpc) is 2.26. The van der Waals surface area contributed by atoms with E-state index in [0.717, 1.165) is 24.5 Å². The van der Waals surface area contributed by atoms with Crippen LogP contribution in [0, 0.1) is 11.8 Å². The van der Waals surface area contributed by atoms with E-state index in [9.17, 15) is 4.79 Å². The fourth-order valence-corrected chi connectivity index (χ4v) is 2.00. The zero-order valence-electron chi connectivity index (χ0n) is 11.2. The van der Waals surface area contributed by atoms with Crippen molar-refractivity contribution in [3.8, 4) is 0 Å². The van der Waals surface area contributed by atoms with Gasteiger partial charge in [-0.2, -0.15) is 0 Å². The van der Waals surface area contributed by atoms with Crippen molar-refractivity contribution in [2.45, 2.75) is 6.92 Å². The number of anilines is 2. The molecule has 1 heterocycles. The van der Waals surface area contributed by atoms with Gasteiger partial charge in [-0.1, -0.05) is 13.0 Å². The van der Waals surface area contributed by atoms with Gasteiger partial charge >= 0.3 is 0 Å². The molecule has 1 aliphatic heterocycles. The van der Waals surface area contributed by atoms with Gasteiger partial charge in [0, 0.05) is 31.4 Å². The molecule has 1 atom stereocenters. The standard InChI is InChI=1S/C14H21N3O/c1-10(11-8-15-9-11)14(18)16-12-5-4-6-13(7-12)17(2)3/h4-7,10-11,15H,8-9H2,1-3H3,(H,16,18). The predicted octanol–water partition coefficient (Wildman–Crippen LogP) is 1.55. The number of amides is 1. The van der Waals surface area contributed by atoms with Crippen molar-refractivity contribution >= 4 is 17.3 Å². The largest absolute Gasteiger partial charge is 0.378 e. The van der Waals surface area contributed by atoms with Crippen molar-refractivity contribution < 1.29 is 4.79 Å². The zero-order chi connectivity index (χ0) is 13.1. The van der Waals surface area contributed by atoms with Gasteiger partial charge in [-0.15, -0.1) is 0 Å². The highest BCUT2D eigenvalue weighted by Gasteiger charge is 2.28. The highest BCUT2D eigenvalue weighted by Crippen LogP contribution is 2.21. The lowest BCUT2D eigenvalue weighted by molar-refractivity contribution is -0.121. The van der Waals surface area contributed by atoms with Crippen LogP contribution in [0.2, 0.25) is 0 Å². The van der Waals surface area contributed by atoms with Gasteiger partial charge in [0.1, 0.15) is 0 Å². The molecule has 1 amide bonds. The minimum atomic E-state index is 0.0641. The van der Waals surface area contributed by atoms with Gasteiger partial charge < -0.3 is 15.5 Å². The molecule has 18 heavy (non-hydrogen) atoms. The summed E-state index contributed by atoms with van der Waals surface area (Å²) in [5, 5.41) is 6.19. The molecule has 0 aliphatic carbocycles. The molecule has 1 unspecified atom stereocenters.